The fourth-order valence-corrected chi connectivity index (χ4v) is 4.61. The highest BCUT2D eigenvalue weighted by atomic mass is 16.3. The van der Waals surface area contributed by atoms with Gasteiger partial charge in [-0.1, -0.05) is 30.3 Å². The smallest absolute Gasteiger partial charge is 0.231 e. The number of piperazine rings is 1. The van der Waals surface area contributed by atoms with Crippen molar-refractivity contribution in [3.05, 3.63) is 35.9 Å². The normalized spacial score (nSPS) is 20.9. The number of likely N-dealkylation sites (N-methyl/N-ethyl adjacent to an activating group) is 1. The molecule has 6 nitrogen and oxygen atoms in total. The Morgan fingerprint density at radius 1 is 1.00 bits per heavy atom. The lowest BCUT2D eigenvalue weighted by molar-refractivity contribution is -0.166. The van der Waals surface area contributed by atoms with Crippen molar-refractivity contribution in [2.45, 2.75) is 45.1 Å². The molecule has 1 aromatic carbocycles. The van der Waals surface area contributed by atoms with Crippen molar-refractivity contribution in [2.75, 3.05) is 52.9 Å². The molecule has 0 spiro atoms. The van der Waals surface area contributed by atoms with Crippen molar-refractivity contribution in [1.29, 1.82) is 0 Å². The van der Waals surface area contributed by atoms with Crippen molar-refractivity contribution in [3.8, 4) is 0 Å². The lowest BCUT2D eigenvalue weighted by Gasteiger charge is -2.49. The van der Waals surface area contributed by atoms with E-state index in [0.29, 0.717) is 19.3 Å². The summed E-state index contributed by atoms with van der Waals surface area (Å²) < 4.78 is 0. The third kappa shape index (κ3) is 5.10. The van der Waals surface area contributed by atoms with E-state index in [0.717, 1.165) is 57.8 Å². The number of benzene rings is 1. The van der Waals surface area contributed by atoms with Crippen molar-refractivity contribution < 1.29 is 14.7 Å². The number of hydrogen-bond donors (Lipinski definition) is 1. The molecule has 0 bridgehead atoms. The Bertz CT molecular complexity index is 718. The summed E-state index contributed by atoms with van der Waals surface area (Å²) in [6.07, 6.45) is 2.53. The second-order valence-corrected chi connectivity index (χ2v) is 9.49. The molecule has 30 heavy (non-hydrogen) atoms. The predicted octanol–water partition coefficient (Wildman–Crippen LogP) is 2.28. The number of likely N-dealkylation sites (tertiary alicyclic amines) is 1. The summed E-state index contributed by atoms with van der Waals surface area (Å²) in [5, 5.41) is 11.4. The molecular formula is C24H37N3O3. The van der Waals surface area contributed by atoms with Crippen LogP contribution in [-0.4, -0.2) is 90.0 Å². The summed E-state index contributed by atoms with van der Waals surface area (Å²) in [6, 6.07) is 9.43. The minimum atomic E-state index is -0.982. The Hall–Kier alpha value is -1.76. The molecule has 2 heterocycles. The van der Waals surface area contributed by atoms with Gasteiger partial charge in [0, 0.05) is 51.3 Å². The van der Waals surface area contributed by atoms with Crippen LogP contribution in [0.3, 0.4) is 0 Å². The number of carbonyl (C=O) groups is 2. The zero-order valence-electron chi connectivity index (χ0n) is 18.8. The summed E-state index contributed by atoms with van der Waals surface area (Å²) in [5.41, 5.74) is -1.00. The molecule has 0 aliphatic carbocycles. The lowest BCUT2D eigenvalue weighted by atomic mass is 9.68. The van der Waals surface area contributed by atoms with Gasteiger partial charge in [-0.2, -0.15) is 0 Å². The number of rotatable bonds is 7. The number of ketones is 1. The van der Waals surface area contributed by atoms with Gasteiger partial charge >= 0.3 is 0 Å². The first-order valence-electron chi connectivity index (χ1n) is 11.2. The van der Waals surface area contributed by atoms with E-state index in [1.54, 1.807) is 0 Å². The quantitative estimate of drug-likeness (QED) is 0.692. The number of nitrogens with zero attached hydrogens (tertiary/aromatic N) is 3. The number of carbonyl (C=O) groups excluding carboxylic acids is 2. The Morgan fingerprint density at radius 3 is 2.20 bits per heavy atom. The van der Waals surface area contributed by atoms with Crippen LogP contribution in [0.5, 0.6) is 0 Å². The molecule has 1 N–H and O–H groups in total. The van der Waals surface area contributed by atoms with Gasteiger partial charge in [0.05, 0.1) is 11.0 Å². The summed E-state index contributed by atoms with van der Waals surface area (Å²) in [6.45, 7) is 9.41. The fourth-order valence-electron chi connectivity index (χ4n) is 4.61. The maximum atomic E-state index is 13.2. The second kappa shape index (κ2) is 9.58. The van der Waals surface area contributed by atoms with Crippen LogP contribution in [-0.2, 0) is 4.79 Å². The van der Waals surface area contributed by atoms with Gasteiger partial charge < -0.3 is 19.8 Å². The van der Waals surface area contributed by atoms with E-state index in [-0.39, 0.29) is 11.7 Å². The number of aliphatic hydroxyl groups is 1. The van der Waals surface area contributed by atoms with Crippen LogP contribution < -0.4 is 0 Å². The topological polar surface area (TPSA) is 64.1 Å². The Balaban J connectivity index is 1.47. The van der Waals surface area contributed by atoms with Crippen LogP contribution in [0, 0.1) is 5.41 Å². The monoisotopic (exact) mass is 415 g/mol. The van der Waals surface area contributed by atoms with Crippen LogP contribution in [0.25, 0.3) is 0 Å². The minimum absolute atomic E-state index is 0.0695. The largest absolute Gasteiger partial charge is 0.389 e. The number of Topliss-reactive ketones (excluding diaryl/α,β-unsaturated/α-hetero) is 1. The van der Waals surface area contributed by atoms with Crippen molar-refractivity contribution in [2.24, 2.45) is 5.41 Å². The van der Waals surface area contributed by atoms with Gasteiger partial charge in [-0.3, -0.25) is 9.59 Å². The molecular weight excluding hydrogens is 378 g/mol. The van der Waals surface area contributed by atoms with E-state index >= 15 is 0 Å². The van der Waals surface area contributed by atoms with Crippen LogP contribution in [0.1, 0.15) is 49.9 Å². The van der Waals surface area contributed by atoms with Crippen LogP contribution in [0.2, 0.25) is 0 Å². The van der Waals surface area contributed by atoms with Gasteiger partial charge in [0.25, 0.3) is 0 Å². The summed E-state index contributed by atoms with van der Waals surface area (Å²) in [7, 11) is 2.07. The molecule has 0 unspecified atom stereocenters. The standard InChI is InChI=1S/C24H37N3O3/c1-23(2,22(29)27-18-16-25(3)17-19-27)24(30)11-14-26(15-12-24)13-7-10-21(28)20-8-5-4-6-9-20/h4-6,8-9,30H,7,10-19H2,1-3H3. The molecule has 0 saturated carbocycles. The molecule has 2 aliphatic heterocycles. The fraction of sp³-hybridized carbons (Fsp3) is 0.667. The van der Waals surface area contributed by atoms with Crippen LogP contribution >= 0.6 is 0 Å². The maximum absolute atomic E-state index is 13.2. The second-order valence-electron chi connectivity index (χ2n) is 9.49. The van der Waals surface area contributed by atoms with Crippen molar-refractivity contribution in [1.82, 2.24) is 14.7 Å². The summed E-state index contributed by atoms with van der Waals surface area (Å²) in [5.74, 6) is 0.253. The highest BCUT2D eigenvalue weighted by Gasteiger charge is 2.51. The SMILES string of the molecule is CN1CCN(C(=O)C(C)(C)C2(O)CCN(CCCC(=O)c3ccccc3)CC2)CC1. The lowest BCUT2D eigenvalue weighted by Crippen LogP contribution is -2.61. The summed E-state index contributed by atoms with van der Waals surface area (Å²) >= 11 is 0. The molecule has 0 aromatic heterocycles. The number of amides is 1. The number of piperidine rings is 1. The summed E-state index contributed by atoms with van der Waals surface area (Å²) in [4.78, 5) is 31.9. The molecule has 2 aliphatic rings. The van der Waals surface area contributed by atoms with E-state index in [4.69, 9.17) is 0 Å². The third-order valence-corrected chi connectivity index (χ3v) is 7.15. The predicted molar refractivity (Wildman–Crippen MR) is 118 cm³/mol. The number of hydrogen-bond acceptors (Lipinski definition) is 5. The molecule has 1 aromatic rings. The highest BCUT2D eigenvalue weighted by Crippen LogP contribution is 2.40. The first kappa shape index (κ1) is 22.9. The zero-order chi connectivity index (χ0) is 21.8. The third-order valence-electron chi connectivity index (χ3n) is 7.15. The first-order chi connectivity index (χ1) is 14.2. The molecule has 2 fully saturated rings. The van der Waals surface area contributed by atoms with Crippen LogP contribution in [0.15, 0.2) is 30.3 Å². The Morgan fingerprint density at radius 2 is 1.60 bits per heavy atom. The van der Waals surface area contributed by atoms with E-state index in [2.05, 4.69) is 16.8 Å². The van der Waals surface area contributed by atoms with Gasteiger partial charge in [0.1, 0.15) is 0 Å². The zero-order valence-corrected chi connectivity index (χ0v) is 18.8. The van der Waals surface area contributed by atoms with Gasteiger partial charge in [-0.25, -0.2) is 0 Å². The first-order valence-corrected chi connectivity index (χ1v) is 11.2. The molecule has 3 rings (SSSR count). The van der Waals surface area contributed by atoms with Gasteiger partial charge in [0.2, 0.25) is 5.91 Å². The van der Waals surface area contributed by atoms with Gasteiger partial charge in [0.15, 0.2) is 5.78 Å². The molecule has 0 radical (unpaired) electrons. The average Bonchev–Trinajstić information content (AvgIpc) is 2.75. The van der Waals surface area contributed by atoms with Crippen molar-refractivity contribution in [3.63, 3.8) is 0 Å². The molecule has 166 valence electrons. The van der Waals surface area contributed by atoms with E-state index in [1.165, 1.54) is 0 Å². The minimum Gasteiger partial charge on any atom is -0.389 e. The molecule has 6 heteroatoms. The van der Waals surface area contributed by atoms with E-state index < -0.39 is 11.0 Å². The Kier molecular flexibility index (Phi) is 7.32. The van der Waals surface area contributed by atoms with Crippen molar-refractivity contribution >= 4 is 11.7 Å². The van der Waals surface area contributed by atoms with Gasteiger partial charge in [-0.05, 0) is 46.7 Å². The Labute approximate surface area is 180 Å². The van der Waals surface area contributed by atoms with E-state index in [1.807, 2.05) is 49.1 Å². The maximum Gasteiger partial charge on any atom is 0.231 e. The average molecular weight is 416 g/mol. The molecule has 1 amide bonds. The van der Waals surface area contributed by atoms with Gasteiger partial charge in [-0.15, -0.1) is 0 Å². The molecule has 0 atom stereocenters. The van der Waals surface area contributed by atoms with Crippen LogP contribution in [0.4, 0.5) is 0 Å². The highest BCUT2D eigenvalue weighted by molar-refractivity contribution is 5.95. The molecule has 2 saturated heterocycles. The van der Waals surface area contributed by atoms with E-state index in [9.17, 15) is 14.7 Å².